The van der Waals surface area contributed by atoms with Gasteiger partial charge in [-0.2, -0.15) is 0 Å². The van der Waals surface area contributed by atoms with Gasteiger partial charge < -0.3 is 5.11 Å². The Balaban J connectivity index is 4.01. The molecule has 0 aromatic carbocycles. The fraction of sp³-hybridized carbons (Fsp3) is 0.889. The largest absolute Gasteiger partial charge is 0.393 e. The van der Waals surface area contributed by atoms with E-state index < -0.39 is 6.10 Å². The maximum Gasteiger partial charge on any atom is 0.135 e. The van der Waals surface area contributed by atoms with Crippen LogP contribution in [0.2, 0.25) is 0 Å². The SMILES string of the molecule is CC(=O)[C@H](CC(C)C)[C@H](C)O. The van der Waals surface area contributed by atoms with Gasteiger partial charge in [0.2, 0.25) is 0 Å². The smallest absolute Gasteiger partial charge is 0.135 e. The average molecular weight is 158 g/mol. The van der Waals surface area contributed by atoms with E-state index in [-0.39, 0.29) is 11.7 Å². The predicted molar refractivity (Wildman–Crippen MR) is 45.3 cm³/mol. The summed E-state index contributed by atoms with van der Waals surface area (Å²) in [7, 11) is 0. The summed E-state index contributed by atoms with van der Waals surface area (Å²) in [6.45, 7) is 7.32. The highest BCUT2D eigenvalue weighted by Crippen LogP contribution is 2.16. The molecule has 66 valence electrons. The van der Waals surface area contributed by atoms with Gasteiger partial charge in [-0.3, -0.25) is 4.79 Å². The summed E-state index contributed by atoms with van der Waals surface area (Å²) in [5, 5.41) is 9.21. The molecule has 0 aromatic heterocycles. The van der Waals surface area contributed by atoms with E-state index in [4.69, 9.17) is 0 Å². The predicted octanol–water partition coefficient (Wildman–Crippen LogP) is 1.62. The van der Waals surface area contributed by atoms with Crippen molar-refractivity contribution in [1.82, 2.24) is 0 Å². The molecule has 11 heavy (non-hydrogen) atoms. The van der Waals surface area contributed by atoms with E-state index in [2.05, 4.69) is 13.8 Å². The van der Waals surface area contributed by atoms with Gasteiger partial charge in [0.1, 0.15) is 5.78 Å². The summed E-state index contributed by atoms with van der Waals surface area (Å²) in [5.74, 6) is 0.391. The van der Waals surface area contributed by atoms with Crippen molar-refractivity contribution in [3.05, 3.63) is 0 Å². The van der Waals surface area contributed by atoms with Gasteiger partial charge in [0.05, 0.1) is 6.10 Å². The maximum atomic E-state index is 11.0. The summed E-state index contributed by atoms with van der Waals surface area (Å²) in [6.07, 6.45) is 0.280. The first kappa shape index (κ1) is 10.6. The number of ketones is 1. The Bertz CT molecular complexity index is 128. The topological polar surface area (TPSA) is 37.3 Å². The second-order valence-corrected chi connectivity index (χ2v) is 3.59. The summed E-state index contributed by atoms with van der Waals surface area (Å²) in [5.41, 5.74) is 0. The van der Waals surface area contributed by atoms with Crippen molar-refractivity contribution in [1.29, 1.82) is 0 Å². The van der Waals surface area contributed by atoms with E-state index in [1.54, 1.807) is 13.8 Å². The van der Waals surface area contributed by atoms with Gasteiger partial charge in [0.15, 0.2) is 0 Å². The second-order valence-electron chi connectivity index (χ2n) is 3.59. The molecule has 0 spiro atoms. The van der Waals surface area contributed by atoms with Crippen molar-refractivity contribution in [3.8, 4) is 0 Å². The van der Waals surface area contributed by atoms with Crippen LogP contribution in [0.1, 0.15) is 34.1 Å². The summed E-state index contributed by atoms with van der Waals surface area (Å²) in [4.78, 5) is 11.0. The number of rotatable bonds is 4. The zero-order valence-corrected chi connectivity index (χ0v) is 7.79. The van der Waals surface area contributed by atoms with Crippen LogP contribution in [-0.2, 0) is 4.79 Å². The van der Waals surface area contributed by atoms with Crippen LogP contribution in [0.15, 0.2) is 0 Å². The van der Waals surface area contributed by atoms with Crippen LogP contribution in [0, 0.1) is 11.8 Å². The molecule has 0 heterocycles. The molecular formula is C9H18O2. The van der Waals surface area contributed by atoms with E-state index in [9.17, 15) is 9.90 Å². The molecule has 2 nitrogen and oxygen atoms in total. The van der Waals surface area contributed by atoms with Crippen molar-refractivity contribution in [2.75, 3.05) is 0 Å². The first-order chi connectivity index (χ1) is 4.95. The Morgan fingerprint density at radius 3 is 1.91 bits per heavy atom. The summed E-state index contributed by atoms with van der Waals surface area (Å²) < 4.78 is 0. The standard InChI is InChI=1S/C9H18O2/c1-6(2)5-9(7(3)10)8(4)11/h6-7,9-10H,5H2,1-4H3/t7-,9+/m0/s1. The molecule has 0 radical (unpaired) electrons. The highest BCUT2D eigenvalue weighted by Gasteiger charge is 2.20. The minimum atomic E-state index is -0.505. The molecule has 0 amide bonds. The fourth-order valence-electron chi connectivity index (χ4n) is 1.21. The minimum absolute atomic E-state index is 0.0914. The Hall–Kier alpha value is -0.370. The number of Topliss-reactive ketones (excluding diaryl/α,β-unsaturated/α-hetero) is 1. The van der Waals surface area contributed by atoms with Crippen molar-refractivity contribution in [2.24, 2.45) is 11.8 Å². The molecule has 0 aliphatic carbocycles. The molecule has 2 heteroatoms. The highest BCUT2D eigenvalue weighted by molar-refractivity contribution is 5.78. The van der Waals surface area contributed by atoms with E-state index in [1.807, 2.05) is 0 Å². The van der Waals surface area contributed by atoms with Crippen molar-refractivity contribution in [2.45, 2.75) is 40.2 Å². The molecule has 0 aromatic rings. The molecule has 0 saturated heterocycles. The van der Waals surface area contributed by atoms with E-state index in [1.165, 1.54) is 0 Å². The summed E-state index contributed by atoms with van der Waals surface area (Å²) >= 11 is 0. The van der Waals surface area contributed by atoms with Crippen LogP contribution in [0.3, 0.4) is 0 Å². The molecule has 0 aliphatic rings. The molecule has 0 fully saturated rings. The quantitative estimate of drug-likeness (QED) is 0.675. The highest BCUT2D eigenvalue weighted by atomic mass is 16.3. The molecule has 2 atom stereocenters. The Kier molecular flexibility index (Phi) is 4.34. The maximum absolute atomic E-state index is 11.0. The number of hydrogen-bond donors (Lipinski definition) is 1. The molecule has 0 bridgehead atoms. The first-order valence-electron chi connectivity index (χ1n) is 4.13. The minimum Gasteiger partial charge on any atom is -0.393 e. The van der Waals surface area contributed by atoms with Gasteiger partial charge in [-0.25, -0.2) is 0 Å². The van der Waals surface area contributed by atoms with Gasteiger partial charge in [0.25, 0.3) is 0 Å². The van der Waals surface area contributed by atoms with Crippen molar-refractivity contribution >= 4 is 5.78 Å². The Labute approximate surface area is 68.6 Å². The van der Waals surface area contributed by atoms with Gasteiger partial charge in [-0.1, -0.05) is 13.8 Å². The Morgan fingerprint density at radius 1 is 1.36 bits per heavy atom. The van der Waals surface area contributed by atoms with Gasteiger partial charge >= 0.3 is 0 Å². The zero-order valence-electron chi connectivity index (χ0n) is 7.79. The lowest BCUT2D eigenvalue weighted by Crippen LogP contribution is -2.25. The van der Waals surface area contributed by atoms with Gasteiger partial charge in [-0.15, -0.1) is 0 Å². The number of carbonyl (C=O) groups excluding carboxylic acids is 1. The molecule has 1 N–H and O–H groups in total. The zero-order chi connectivity index (χ0) is 9.02. The number of aliphatic hydroxyl groups is 1. The lowest BCUT2D eigenvalue weighted by molar-refractivity contribution is -0.124. The Morgan fingerprint density at radius 2 is 1.82 bits per heavy atom. The van der Waals surface area contributed by atoms with E-state index >= 15 is 0 Å². The number of carbonyl (C=O) groups is 1. The average Bonchev–Trinajstić information content (AvgIpc) is 1.81. The van der Waals surface area contributed by atoms with Crippen LogP contribution in [-0.4, -0.2) is 17.0 Å². The number of hydrogen-bond acceptors (Lipinski definition) is 2. The van der Waals surface area contributed by atoms with Crippen molar-refractivity contribution in [3.63, 3.8) is 0 Å². The van der Waals surface area contributed by atoms with E-state index in [0.29, 0.717) is 5.92 Å². The first-order valence-corrected chi connectivity index (χ1v) is 4.13. The third-order valence-electron chi connectivity index (χ3n) is 1.83. The second kappa shape index (κ2) is 4.50. The molecule has 0 rings (SSSR count). The van der Waals surface area contributed by atoms with Crippen LogP contribution in [0.5, 0.6) is 0 Å². The number of aliphatic hydroxyl groups excluding tert-OH is 1. The lowest BCUT2D eigenvalue weighted by Gasteiger charge is -2.18. The molecule has 0 saturated carbocycles. The van der Waals surface area contributed by atoms with Crippen LogP contribution in [0.25, 0.3) is 0 Å². The van der Waals surface area contributed by atoms with Gasteiger partial charge in [0, 0.05) is 5.92 Å². The fourth-order valence-corrected chi connectivity index (χ4v) is 1.21. The molecule has 0 aliphatic heterocycles. The monoisotopic (exact) mass is 158 g/mol. The summed E-state index contributed by atoms with van der Waals surface area (Å²) in [6, 6.07) is 0. The van der Waals surface area contributed by atoms with Crippen LogP contribution >= 0.6 is 0 Å². The molecular weight excluding hydrogens is 140 g/mol. The lowest BCUT2D eigenvalue weighted by atomic mass is 9.90. The van der Waals surface area contributed by atoms with Gasteiger partial charge in [-0.05, 0) is 26.2 Å². The van der Waals surface area contributed by atoms with Crippen LogP contribution < -0.4 is 0 Å². The van der Waals surface area contributed by atoms with E-state index in [0.717, 1.165) is 6.42 Å². The van der Waals surface area contributed by atoms with Crippen LogP contribution in [0.4, 0.5) is 0 Å². The third-order valence-corrected chi connectivity index (χ3v) is 1.83. The molecule has 0 unspecified atom stereocenters. The third kappa shape index (κ3) is 4.14. The van der Waals surface area contributed by atoms with Crippen molar-refractivity contribution < 1.29 is 9.90 Å². The normalized spacial score (nSPS) is 16.5.